The number of rotatable bonds is 11. The second kappa shape index (κ2) is 14.7. The highest BCUT2D eigenvalue weighted by molar-refractivity contribution is 9.10. The van der Waals surface area contributed by atoms with Crippen LogP contribution in [-0.2, 0) is 26.2 Å². The molecule has 11 heteroatoms. The first-order chi connectivity index (χ1) is 20.1. The molecule has 1 N–H and O–H groups in total. The van der Waals surface area contributed by atoms with Gasteiger partial charge in [0.1, 0.15) is 12.6 Å². The van der Waals surface area contributed by atoms with Crippen molar-refractivity contribution in [2.45, 2.75) is 69.0 Å². The lowest BCUT2D eigenvalue weighted by atomic mass is 9.95. The van der Waals surface area contributed by atoms with Crippen LogP contribution in [0.1, 0.15) is 51.0 Å². The van der Waals surface area contributed by atoms with Gasteiger partial charge in [0, 0.05) is 17.1 Å². The average Bonchev–Trinajstić information content (AvgIpc) is 2.98. The van der Waals surface area contributed by atoms with Crippen molar-refractivity contribution in [1.29, 1.82) is 0 Å². The number of hydrogen-bond donors (Lipinski definition) is 1. The molecule has 1 atom stereocenters. The minimum atomic E-state index is -4.13. The number of amides is 2. The maximum atomic E-state index is 14.2. The van der Waals surface area contributed by atoms with Gasteiger partial charge in [-0.3, -0.25) is 13.9 Å². The molecule has 2 amide bonds. The van der Waals surface area contributed by atoms with Crippen LogP contribution >= 0.6 is 39.1 Å². The minimum Gasteiger partial charge on any atom is -0.352 e. The number of halogens is 3. The van der Waals surface area contributed by atoms with Gasteiger partial charge in [-0.25, -0.2) is 8.42 Å². The highest BCUT2D eigenvalue weighted by Gasteiger charge is 2.34. The van der Waals surface area contributed by atoms with Gasteiger partial charge in [0.05, 0.1) is 20.6 Å². The number of carbonyl (C=O) groups is 2. The Labute approximate surface area is 266 Å². The third kappa shape index (κ3) is 8.07. The highest BCUT2D eigenvalue weighted by Crippen LogP contribution is 2.28. The average molecular weight is 696 g/mol. The highest BCUT2D eigenvalue weighted by atomic mass is 79.9. The van der Waals surface area contributed by atoms with Gasteiger partial charge >= 0.3 is 0 Å². The fraction of sp³-hybridized carbons (Fsp3) is 0.355. The molecule has 42 heavy (non-hydrogen) atoms. The van der Waals surface area contributed by atoms with Crippen LogP contribution in [0.25, 0.3) is 0 Å². The van der Waals surface area contributed by atoms with E-state index in [0.717, 1.165) is 36.4 Å². The van der Waals surface area contributed by atoms with Crippen molar-refractivity contribution in [3.8, 4) is 0 Å². The first-order valence-electron chi connectivity index (χ1n) is 14.0. The molecule has 4 rings (SSSR count). The smallest absolute Gasteiger partial charge is 0.264 e. The fourth-order valence-corrected chi connectivity index (χ4v) is 7.31. The van der Waals surface area contributed by atoms with Gasteiger partial charge in [-0.2, -0.15) is 0 Å². The molecule has 0 radical (unpaired) electrons. The van der Waals surface area contributed by atoms with Crippen molar-refractivity contribution in [3.63, 3.8) is 0 Å². The van der Waals surface area contributed by atoms with E-state index in [2.05, 4.69) is 21.2 Å². The summed E-state index contributed by atoms with van der Waals surface area (Å²) in [6, 6.07) is 19.0. The second-order valence-electron chi connectivity index (χ2n) is 10.3. The van der Waals surface area contributed by atoms with E-state index >= 15 is 0 Å². The molecular formula is C31H34BrCl2N3O4S. The molecule has 0 heterocycles. The standard InChI is InChI=1S/C31H34BrCl2N3O4S/c1-2-29(31(39)35-24-11-5-3-6-12-24)36(20-22-16-17-27(33)28(34)18-22)30(38)21-37(25-13-9-10-23(32)19-25)42(40,41)26-14-7-4-8-15-26/h4,7-10,13-19,24,29H,2-3,5-6,11-12,20-21H2,1H3,(H,35,39)/t29-/m1/s1. The molecule has 0 spiro atoms. The molecular weight excluding hydrogens is 661 g/mol. The number of nitrogens with one attached hydrogen (secondary N) is 1. The molecule has 1 aliphatic carbocycles. The van der Waals surface area contributed by atoms with Crippen LogP contribution in [0.2, 0.25) is 10.0 Å². The predicted octanol–water partition coefficient (Wildman–Crippen LogP) is 7.21. The normalized spacial score (nSPS) is 14.7. The summed E-state index contributed by atoms with van der Waals surface area (Å²) in [7, 11) is -4.13. The van der Waals surface area contributed by atoms with Crippen LogP contribution in [0.4, 0.5) is 5.69 Å². The van der Waals surface area contributed by atoms with Crippen LogP contribution in [0.5, 0.6) is 0 Å². The summed E-state index contributed by atoms with van der Waals surface area (Å²) in [5.41, 5.74) is 0.984. The van der Waals surface area contributed by atoms with Gasteiger partial charge in [0.2, 0.25) is 11.8 Å². The van der Waals surface area contributed by atoms with E-state index in [1.54, 1.807) is 60.7 Å². The second-order valence-corrected chi connectivity index (χ2v) is 13.9. The lowest BCUT2D eigenvalue weighted by Crippen LogP contribution is -2.54. The molecule has 0 aliphatic heterocycles. The Kier molecular flexibility index (Phi) is 11.3. The van der Waals surface area contributed by atoms with Crippen LogP contribution in [0.3, 0.4) is 0 Å². The van der Waals surface area contributed by atoms with E-state index in [1.807, 2.05) is 6.92 Å². The first kappa shape index (κ1) is 32.3. The number of carbonyl (C=O) groups excluding carboxylic acids is 2. The van der Waals surface area contributed by atoms with Crippen molar-refractivity contribution in [3.05, 3.63) is 92.9 Å². The van der Waals surface area contributed by atoms with E-state index < -0.39 is 28.5 Å². The third-order valence-electron chi connectivity index (χ3n) is 7.38. The molecule has 1 aliphatic rings. The van der Waals surface area contributed by atoms with Gasteiger partial charge in [0.15, 0.2) is 0 Å². The van der Waals surface area contributed by atoms with Crippen LogP contribution in [-0.4, -0.2) is 43.8 Å². The van der Waals surface area contributed by atoms with E-state index in [0.29, 0.717) is 32.2 Å². The topological polar surface area (TPSA) is 86.8 Å². The van der Waals surface area contributed by atoms with Gasteiger partial charge in [-0.1, -0.05) is 95.6 Å². The van der Waals surface area contributed by atoms with E-state index in [9.17, 15) is 18.0 Å². The maximum absolute atomic E-state index is 14.2. The summed E-state index contributed by atoms with van der Waals surface area (Å²) in [4.78, 5) is 29.3. The molecule has 0 aromatic heterocycles. The van der Waals surface area contributed by atoms with E-state index in [-0.39, 0.29) is 23.4 Å². The zero-order valence-corrected chi connectivity index (χ0v) is 27.2. The number of sulfonamides is 1. The predicted molar refractivity (Wildman–Crippen MR) is 171 cm³/mol. The zero-order valence-electron chi connectivity index (χ0n) is 23.3. The Morgan fingerprint density at radius 1 is 0.952 bits per heavy atom. The molecule has 3 aromatic carbocycles. The largest absolute Gasteiger partial charge is 0.352 e. The molecule has 7 nitrogen and oxygen atoms in total. The molecule has 1 fully saturated rings. The van der Waals surface area contributed by atoms with Crippen molar-refractivity contribution in [2.24, 2.45) is 0 Å². The van der Waals surface area contributed by atoms with E-state index in [1.165, 1.54) is 17.0 Å². The summed E-state index contributed by atoms with van der Waals surface area (Å²) < 4.78 is 29.6. The maximum Gasteiger partial charge on any atom is 0.264 e. The number of hydrogen-bond acceptors (Lipinski definition) is 4. The Balaban J connectivity index is 1.71. The quantitative estimate of drug-likeness (QED) is 0.230. The molecule has 1 saturated carbocycles. The van der Waals surface area contributed by atoms with Crippen LogP contribution in [0, 0.1) is 0 Å². The van der Waals surface area contributed by atoms with Crippen LogP contribution in [0.15, 0.2) is 82.2 Å². The van der Waals surface area contributed by atoms with E-state index in [4.69, 9.17) is 23.2 Å². The number of benzene rings is 3. The summed E-state index contributed by atoms with van der Waals surface area (Å²) >= 11 is 15.8. The Hall–Kier alpha value is -2.59. The molecule has 0 saturated heterocycles. The summed E-state index contributed by atoms with van der Waals surface area (Å²) in [5.74, 6) is -0.774. The van der Waals surface area contributed by atoms with Gasteiger partial charge in [-0.05, 0) is 67.3 Å². The SMILES string of the molecule is CC[C@H](C(=O)NC1CCCCC1)N(Cc1ccc(Cl)c(Cl)c1)C(=O)CN(c1cccc(Br)c1)S(=O)(=O)c1ccccc1. The van der Waals surface area contributed by atoms with Crippen molar-refractivity contribution >= 4 is 66.7 Å². The third-order valence-corrected chi connectivity index (χ3v) is 10.4. The lowest BCUT2D eigenvalue weighted by Gasteiger charge is -2.34. The van der Waals surface area contributed by atoms with Gasteiger partial charge < -0.3 is 10.2 Å². The molecule has 0 bridgehead atoms. The molecule has 3 aromatic rings. The Morgan fingerprint density at radius 2 is 1.67 bits per heavy atom. The summed E-state index contributed by atoms with van der Waals surface area (Å²) in [6.45, 7) is 1.37. The molecule has 0 unspecified atom stereocenters. The first-order valence-corrected chi connectivity index (χ1v) is 17.0. The lowest BCUT2D eigenvalue weighted by molar-refractivity contribution is -0.140. The Morgan fingerprint density at radius 3 is 2.31 bits per heavy atom. The van der Waals surface area contributed by atoms with Gasteiger partial charge in [-0.15, -0.1) is 0 Å². The fourth-order valence-electron chi connectivity index (χ4n) is 5.18. The van der Waals surface area contributed by atoms with Gasteiger partial charge in [0.25, 0.3) is 10.0 Å². The van der Waals surface area contributed by atoms with Crippen molar-refractivity contribution in [2.75, 3.05) is 10.8 Å². The zero-order chi connectivity index (χ0) is 30.3. The molecule has 224 valence electrons. The monoisotopic (exact) mass is 693 g/mol. The van der Waals surface area contributed by atoms with Crippen LogP contribution < -0.4 is 9.62 Å². The van der Waals surface area contributed by atoms with Crippen molar-refractivity contribution in [1.82, 2.24) is 10.2 Å². The summed E-state index contributed by atoms with van der Waals surface area (Å²) in [5, 5.41) is 3.84. The van der Waals surface area contributed by atoms with Crippen molar-refractivity contribution < 1.29 is 18.0 Å². The minimum absolute atomic E-state index is 0.0457. The Bertz CT molecular complexity index is 1500. The number of nitrogens with zero attached hydrogens (tertiary/aromatic N) is 2. The summed E-state index contributed by atoms with van der Waals surface area (Å²) in [6.07, 6.45) is 5.38. The number of anilines is 1.